The lowest BCUT2D eigenvalue weighted by atomic mass is 10.0. The minimum atomic E-state index is 0.472. The van der Waals surface area contributed by atoms with Crippen LogP contribution in [0.5, 0.6) is 0 Å². The van der Waals surface area contributed by atoms with Gasteiger partial charge in [0.25, 0.3) is 0 Å². The molecule has 1 aromatic heterocycles. The minimum absolute atomic E-state index is 0.472. The monoisotopic (exact) mass is 193 g/mol. The van der Waals surface area contributed by atoms with Crippen molar-refractivity contribution >= 4 is 0 Å². The summed E-state index contributed by atoms with van der Waals surface area (Å²) < 4.78 is 0. The molecule has 0 aliphatic heterocycles. The Morgan fingerprint density at radius 2 is 1.93 bits per heavy atom. The van der Waals surface area contributed by atoms with Crippen molar-refractivity contribution in [3.8, 4) is 0 Å². The third kappa shape index (κ3) is 2.51. The van der Waals surface area contributed by atoms with E-state index in [1.54, 1.807) is 0 Å². The summed E-state index contributed by atoms with van der Waals surface area (Å²) in [5, 5.41) is 0. The van der Waals surface area contributed by atoms with E-state index in [2.05, 4.69) is 23.8 Å². The molecular weight excluding hydrogens is 174 g/mol. The summed E-state index contributed by atoms with van der Waals surface area (Å²) in [5.74, 6) is 1.43. The van der Waals surface area contributed by atoms with E-state index in [4.69, 9.17) is 5.73 Å². The van der Waals surface area contributed by atoms with E-state index in [0.717, 1.165) is 30.1 Å². The van der Waals surface area contributed by atoms with Crippen LogP contribution in [0.2, 0.25) is 0 Å². The topological polar surface area (TPSA) is 51.8 Å². The average Bonchev–Trinajstić information content (AvgIpc) is 2.19. The Labute approximate surface area is 85.8 Å². The van der Waals surface area contributed by atoms with Crippen molar-refractivity contribution in [2.24, 2.45) is 5.73 Å². The maximum absolute atomic E-state index is 5.58. The summed E-state index contributed by atoms with van der Waals surface area (Å²) >= 11 is 0. The van der Waals surface area contributed by atoms with Crippen molar-refractivity contribution in [1.29, 1.82) is 0 Å². The number of nitrogens with two attached hydrogens (primary N) is 1. The van der Waals surface area contributed by atoms with Gasteiger partial charge >= 0.3 is 0 Å². The van der Waals surface area contributed by atoms with Crippen LogP contribution in [-0.4, -0.2) is 9.97 Å². The second-order valence-corrected chi connectivity index (χ2v) is 3.58. The lowest BCUT2D eigenvalue weighted by Crippen LogP contribution is -2.09. The lowest BCUT2D eigenvalue weighted by Gasteiger charge is -2.12. The zero-order chi connectivity index (χ0) is 10.6. The number of nitrogens with zero attached hydrogens (tertiary/aromatic N) is 2. The Morgan fingerprint density at radius 1 is 1.29 bits per heavy atom. The highest BCUT2D eigenvalue weighted by molar-refractivity contribution is 5.11. The molecule has 2 N–H and O–H groups in total. The van der Waals surface area contributed by atoms with Crippen LogP contribution in [0.3, 0.4) is 0 Å². The zero-order valence-corrected chi connectivity index (χ0v) is 9.25. The number of hydrogen-bond acceptors (Lipinski definition) is 3. The van der Waals surface area contributed by atoms with Gasteiger partial charge in [-0.2, -0.15) is 0 Å². The molecule has 1 aromatic rings. The maximum Gasteiger partial charge on any atom is 0.131 e. The zero-order valence-electron chi connectivity index (χ0n) is 9.25. The summed E-state index contributed by atoms with van der Waals surface area (Å²) in [6.07, 6.45) is 2.17. The Kier molecular flexibility index (Phi) is 4.01. The molecule has 78 valence electrons. The van der Waals surface area contributed by atoms with Crippen LogP contribution in [0, 0.1) is 6.92 Å². The second kappa shape index (κ2) is 5.05. The molecule has 0 radical (unpaired) electrons. The standard InChI is InChI=1S/C11H19N3/c1-4-9(5-2)11-13-8(3)6-10(7-12)14-11/h6,9H,4-5,7,12H2,1-3H3. The van der Waals surface area contributed by atoms with Gasteiger partial charge < -0.3 is 5.73 Å². The summed E-state index contributed by atoms with van der Waals surface area (Å²) in [7, 11) is 0. The van der Waals surface area contributed by atoms with Gasteiger partial charge in [-0.25, -0.2) is 9.97 Å². The van der Waals surface area contributed by atoms with E-state index >= 15 is 0 Å². The third-order valence-electron chi connectivity index (χ3n) is 2.48. The van der Waals surface area contributed by atoms with Crippen LogP contribution >= 0.6 is 0 Å². The molecule has 3 nitrogen and oxygen atoms in total. The van der Waals surface area contributed by atoms with Gasteiger partial charge in [-0.15, -0.1) is 0 Å². The Morgan fingerprint density at radius 3 is 2.43 bits per heavy atom. The molecule has 1 heterocycles. The first kappa shape index (κ1) is 11.1. The van der Waals surface area contributed by atoms with Crippen LogP contribution in [0.4, 0.5) is 0 Å². The maximum atomic E-state index is 5.58. The first-order valence-corrected chi connectivity index (χ1v) is 5.25. The molecule has 0 atom stereocenters. The van der Waals surface area contributed by atoms with Crippen molar-refractivity contribution in [1.82, 2.24) is 9.97 Å². The number of aromatic nitrogens is 2. The van der Waals surface area contributed by atoms with E-state index < -0.39 is 0 Å². The molecule has 0 aliphatic carbocycles. The molecule has 3 heteroatoms. The van der Waals surface area contributed by atoms with Crippen LogP contribution in [0.1, 0.15) is 49.8 Å². The van der Waals surface area contributed by atoms with E-state index in [1.807, 2.05) is 13.0 Å². The molecule has 0 aromatic carbocycles. The van der Waals surface area contributed by atoms with Gasteiger partial charge in [-0.1, -0.05) is 13.8 Å². The molecular formula is C11H19N3. The van der Waals surface area contributed by atoms with Crippen molar-refractivity contribution in [3.05, 3.63) is 23.3 Å². The smallest absolute Gasteiger partial charge is 0.131 e. The quantitative estimate of drug-likeness (QED) is 0.797. The molecule has 0 saturated heterocycles. The molecule has 0 amide bonds. The van der Waals surface area contributed by atoms with Crippen molar-refractivity contribution in [3.63, 3.8) is 0 Å². The molecule has 0 aliphatic rings. The molecule has 1 rings (SSSR count). The largest absolute Gasteiger partial charge is 0.325 e. The highest BCUT2D eigenvalue weighted by Gasteiger charge is 2.11. The summed E-state index contributed by atoms with van der Waals surface area (Å²) in [6, 6.07) is 1.95. The van der Waals surface area contributed by atoms with E-state index in [1.165, 1.54) is 0 Å². The fraction of sp³-hybridized carbons (Fsp3) is 0.636. The Balaban J connectivity index is 3.01. The summed E-state index contributed by atoms with van der Waals surface area (Å²) in [6.45, 7) is 6.83. The average molecular weight is 193 g/mol. The van der Waals surface area contributed by atoms with Crippen LogP contribution in [-0.2, 0) is 6.54 Å². The molecule has 14 heavy (non-hydrogen) atoms. The number of hydrogen-bond donors (Lipinski definition) is 1. The van der Waals surface area contributed by atoms with Gasteiger partial charge in [-0.3, -0.25) is 0 Å². The highest BCUT2D eigenvalue weighted by Crippen LogP contribution is 2.19. The van der Waals surface area contributed by atoms with Gasteiger partial charge in [-0.05, 0) is 25.8 Å². The lowest BCUT2D eigenvalue weighted by molar-refractivity contribution is 0.595. The van der Waals surface area contributed by atoms with Crippen LogP contribution in [0.25, 0.3) is 0 Å². The predicted molar refractivity (Wildman–Crippen MR) is 58.0 cm³/mol. The van der Waals surface area contributed by atoms with Gasteiger partial charge in [0.2, 0.25) is 0 Å². The molecule has 0 spiro atoms. The molecule has 0 fully saturated rings. The predicted octanol–water partition coefficient (Wildman–Crippen LogP) is 2.15. The van der Waals surface area contributed by atoms with Crippen molar-refractivity contribution in [2.45, 2.75) is 46.1 Å². The Hall–Kier alpha value is -0.960. The third-order valence-corrected chi connectivity index (χ3v) is 2.48. The highest BCUT2D eigenvalue weighted by atomic mass is 14.9. The first-order valence-electron chi connectivity index (χ1n) is 5.25. The van der Waals surface area contributed by atoms with E-state index in [0.29, 0.717) is 12.5 Å². The molecule has 0 bridgehead atoms. The van der Waals surface area contributed by atoms with Gasteiger partial charge in [0.15, 0.2) is 0 Å². The van der Waals surface area contributed by atoms with Gasteiger partial charge in [0.05, 0.1) is 5.69 Å². The SMILES string of the molecule is CCC(CC)c1nc(C)cc(CN)n1. The number of rotatable bonds is 4. The normalized spacial score (nSPS) is 10.9. The Bertz CT molecular complexity index is 293. The minimum Gasteiger partial charge on any atom is -0.325 e. The van der Waals surface area contributed by atoms with Gasteiger partial charge in [0.1, 0.15) is 5.82 Å². The molecule has 0 unspecified atom stereocenters. The fourth-order valence-electron chi connectivity index (χ4n) is 1.60. The summed E-state index contributed by atoms with van der Waals surface area (Å²) in [4.78, 5) is 8.92. The second-order valence-electron chi connectivity index (χ2n) is 3.58. The fourth-order valence-corrected chi connectivity index (χ4v) is 1.60. The first-order chi connectivity index (χ1) is 6.71. The van der Waals surface area contributed by atoms with Crippen molar-refractivity contribution < 1.29 is 0 Å². The van der Waals surface area contributed by atoms with Crippen LogP contribution < -0.4 is 5.73 Å². The molecule has 0 saturated carbocycles. The van der Waals surface area contributed by atoms with E-state index in [9.17, 15) is 0 Å². The van der Waals surface area contributed by atoms with Crippen LogP contribution in [0.15, 0.2) is 6.07 Å². The van der Waals surface area contributed by atoms with Crippen molar-refractivity contribution in [2.75, 3.05) is 0 Å². The van der Waals surface area contributed by atoms with Gasteiger partial charge in [0, 0.05) is 18.2 Å². The number of aryl methyl sites for hydroxylation is 1. The summed E-state index contributed by atoms with van der Waals surface area (Å²) in [5.41, 5.74) is 7.54. The van der Waals surface area contributed by atoms with E-state index in [-0.39, 0.29) is 0 Å².